The summed E-state index contributed by atoms with van der Waals surface area (Å²) in [4.78, 5) is 11.8. The molecule has 0 aromatic rings. The summed E-state index contributed by atoms with van der Waals surface area (Å²) in [6.07, 6.45) is 25.8. The smallest absolute Gasteiger partial charge is 0.306 e. The van der Waals surface area contributed by atoms with Crippen molar-refractivity contribution in [3.05, 3.63) is 0 Å². The number of rotatable bonds is 16. The molecule has 0 unspecified atom stereocenters. The van der Waals surface area contributed by atoms with Gasteiger partial charge < -0.3 is 4.74 Å². The molecule has 0 bridgehead atoms. The summed E-state index contributed by atoms with van der Waals surface area (Å²) in [6, 6.07) is 0. The SMILES string of the molecule is CCCCCCCCCCCCCCCCC(=O)OC1CCCCC1. The van der Waals surface area contributed by atoms with Crippen LogP contribution in [-0.4, -0.2) is 12.1 Å². The highest BCUT2D eigenvalue weighted by Gasteiger charge is 2.17. The number of hydrogen-bond donors (Lipinski definition) is 0. The maximum absolute atomic E-state index is 11.8. The van der Waals surface area contributed by atoms with Crippen LogP contribution < -0.4 is 0 Å². The summed E-state index contributed by atoms with van der Waals surface area (Å²) in [5.41, 5.74) is 0. The van der Waals surface area contributed by atoms with E-state index < -0.39 is 0 Å². The molecule has 2 nitrogen and oxygen atoms in total. The fraction of sp³-hybridized carbons (Fsp3) is 0.957. The third-order valence-electron chi connectivity index (χ3n) is 5.58. The molecule has 0 aromatic carbocycles. The molecule has 0 amide bonds. The molecular weight excluding hydrogens is 308 g/mol. The Labute approximate surface area is 157 Å². The van der Waals surface area contributed by atoms with Gasteiger partial charge in [0, 0.05) is 6.42 Å². The molecule has 1 saturated carbocycles. The molecular formula is C23H44O2. The Morgan fingerprint density at radius 1 is 0.680 bits per heavy atom. The molecule has 0 saturated heterocycles. The van der Waals surface area contributed by atoms with Crippen LogP contribution >= 0.6 is 0 Å². The Kier molecular flexibility index (Phi) is 15.2. The van der Waals surface area contributed by atoms with E-state index in [1.165, 1.54) is 103 Å². The fourth-order valence-electron chi connectivity index (χ4n) is 3.89. The number of hydrogen-bond acceptors (Lipinski definition) is 2. The lowest BCUT2D eigenvalue weighted by molar-refractivity contribution is -0.150. The first-order valence-corrected chi connectivity index (χ1v) is 11.5. The molecule has 0 N–H and O–H groups in total. The molecule has 0 heterocycles. The van der Waals surface area contributed by atoms with E-state index in [-0.39, 0.29) is 12.1 Å². The predicted octanol–water partition coefficient (Wildman–Crippen LogP) is 7.73. The first kappa shape index (κ1) is 22.5. The van der Waals surface area contributed by atoms with Crippen molar-refractivity contribution < 1.29 is 9.53 Å². The molecule has 0 atom stereocenters. The van der Waals surface area contributed by atoms with Gasteiger partial charge in [0.2, 0.25) is 0 Å². The van der Waals surface area contributed by atoms with Gasteiger partial charge in [0.15, 0.2) is 0 Å². The van der Waals surface area contributed by atoms with Crippen molar-refractivity contribution in [3.8, 4) is 0 Å². The Morgan fingerprint density at radius 2 is 1.12 bits per heavy atom. The molecule has 148 valence electrons. The zero-order valence-corrected chi connectivity index (χ0v) is 17.0. The van der Waals surface area contributed by atoms with E-state index in [1.807, 2.05) is 0 Å². The molecule has 2 heteroatoms. The molecule has 0 aliphatic heterocycles. The first-order valence-electron chi connectivity index (χ1n) is 11.5. The van der Waals surface area contributed by atoms with Crippen LogP contribution in [-0.2, 0) is 9.53 Å². The lowest BCUT2D eigenvalue weighted by atomic mass is 9.98. The van der Waals surface area contributed by atoms with Crippen molar-refractivity contribution in [3.63, 3.8) is 0 Å². The first-order chi connectivity index (χ1) is 12.3. The predicted molar refractivity (Wildman–Crippen MR) is 108 cm³/mol. The second kappa shape index (κ2) is 16.9. The minimum atomic E-state index is 0.0471. The van der Waals surface area contributed by atoms with Gasteiger partial charge in [-0.3, -0.25) is 4.79 Å². The van der Waals surface area contributed by atoms with Crippen LogP contribution in [0.1, 0.15) is 135 Å². The van der Waals surface area contributed by atoms with Crippen molar-refractivity contribution in [1.82, 2.24) is 0 Å². The van der Waals surface area contributed by atoms with Crippen molar-refractivity contribution in [2.45, 2.75) is 141 Å². The number of carbonyl (C=O) groups is 1. The van der Waals surface area contributed by atoms with Crippen LogP contribution in [0.3, 0.4) is 0 Å². The third-order valence-corrected chi connectivity index (χ3v) is 5.58. The van der Waals surface area contributed by atoms with Gasteiger partial charge >= 0.3 is 5.97 Å². The van der Waals surface area contributed by atoms with Gasteiger partial charge in [0.25, 0.3) is 0 Å². The topological polar surface area (TPSA) is 26.3 Å². The van der Waals surface area contributed by atoms with Gasteiger partial charge in [-0.2, -0.15) is 0 Å². The highest BCUT2D eigenvalue weighted by molar-refractivity contribution is 5.69. The van der Waals surface area contributed by atoms with Gasteiger partial charge in [0.1, 0.15) is 6.10 Å². The molecule has 1 fully saturated rings. The van der Waals surface area contributed by atoms with Gasteiger partial charge in [0.05, 0.1) is 0 Å². The number of unbranched alkanes of at least 4 members (excludes halogenated alkanes) is 13. The van der Waals surface area contributed by atoms with Crippen LogP contribution in [0.25, 0.3) is 0 Å². The van der Waals surface area contributed by atoms with E-state index in [0.717, 1.165) is 19.3 Å². The molecule has 1 rings (SSSR count). The Morgan fingerprint density at radius 3 is 1.60 bits per heavy atom. The molecule has 1 aliphatic rings. The van der Waals surface area contributed by atoms with Crippen LogP contribution in [0, 0.1) is 0 Å². The van der Waals surface area contributed by atoms with Crippen LogP contribution in [0.5, 0.6) is 0 Å². The van der Waals surface area contributed by atoms with Crippen molar-refractivity contribution in [2.75, 3.05) is 0 Å². The number of carbonyl (C=O) groups excluding carboxylic acids is 1. The summed E-state index contributed by atoms with van der Waals surface area (Å²) < 4.78 is 5.57. The average molecular weight is 353 g/mol. The standard InChI is InChI=1S/C23H44O2/c1-2-3-4-5-6-7-8-9-10-11-12-13-14-18-21-23(24)25-22-19-16-15-17-20-22/h22H,2-21H2,1H3. The lowest BCUT2D eigenvalue weighted by Crippen LogP contribution is -2.20. The van der Waals surface area contributed by atoms with Crippen molar-refractivity contribution in [2.24, 2.45) is 0 Å². The maximum Gasteiger partial charge on any atom is 0.306 e. The Balaban J connectivity index is 1.74. The maximum atomic E-state index is 11.8. The molecule has 25 heavy (non-hydrogen) atoms. The van der Waals surface area contributed by atoms with Gasteiger partial charge in [-0.15, -0.1) is 0 Å². The van der Waals surface area contributed by atoms with E-state index in [2.05, 4.69) is 6.92 Å². The second-order valence-corrected chi connectivity index (χ2v) is 8.10. The van der Waals surface area contributed by atoms with Gasteiger partial charge in [-0.1, -0.05) is 96.8 Å². The summed E-state index contributed by atoms with van der Waals surface area (Å²) in [5, 5.41) is 0. The summed E-state index contributed by atoms with van der Waals surface area (Å²) in [7, 11) is 0. The summed E-state index contributed by atoms with van der Waals surface area (Å²) >= 11 is 0. The van der Waals surface area contributed by atoms with E-state index in [0.29, 0.717) is 6.42 Å². The van der Waals surface area contributed by atoms with Gasteiger partial charge in [-0.05, 0) is 32.1 Å². The molecule has 1 aliphatic carbocycles. The monoisotopic (exact) mass is 352 g/mol. The quantitative estimate of drug-likeness (QED) is 0.210. The fourth-order valence-corrected chi connectivity index (χ4v) is 3.89. The van der Waals surface area contributed by atoms with Gasteiger partial charge in [-0.25, -0.2) is 0 Å². The average Bonchev–Trinajstić information content (AvgIpc) is 2.63. The number of esters is 1. The van der Waals surface area contributed by atoms with Crippen molar-refractivity contribution >= 4 is 5.97 Å². The van der Waals surface area contributed by atoms with Crippen LogP contribution in [0.15, 0.2) is 0 Å². The molecule has 0 radical (unpaired) electrons. The zero-order valence-electron chi connectivity index (χ0n) is 17.0. The minimum Gasteiger partial charge on any atom is -0.462 e. The lowest BCUT2D eigenvalue weighted by Gasteiger charge is -2.21. The highest BCUT2D eigenvalue weighted by atomic mass is 16.5. The molecule has 0 aromatic heterocycles. The Bertz CT molecular complexity index is 294. The van der Waals surface area contributed by atoms with Crippen LogP contribution in [0.2, 0.25) is 0 Å². The van der Waals surface area contributed by atoms with E-state index in [1.54, 1.807) is 0 Å². The third kappa shape index (κ3) is 14.3. The normalized spacial score (nSPS) is 15.4. The second-order valence-electron chi connectivity index (χ2n) is 8.10. The number of ether oxygens (including phenoxy) is 1. The van der Waals surface area contributed by atoms with Crippen LogP contribution in [0.4, 0.5) is 0 Å². The van der Waals surface area contributed by atoms with E-state index in [9.17, 15) is 4.79 Å². The van der Waals surface area contributed by atoms with E-state index >= 15 is 0 Å². The highest BCUT2D eigenvalue weighted by Crippen LogP contribution is 2.21. The minimum absolute atomic E-state index is 0.0471. The zero-order chi connectivity index (χ0) is 18.0. The van der Waals surface area contributed by atoms with Crippen molar-refractivity contribution in [1.29, 1.82) is 0 Å². The summed E-state index contributed by atoms with van der Waals surface area (Å²) in [6.45, 7) is 2.28. The Hall–Kier alpha value is -0.530. The largest absolute Gasteiger partial charge is 0.462 e. The van der Waals surface area contributed by atoms with E-state index in [4.69, 9.17) is 4.74 Å². The summed E-state index contributed by atoms with van der Waals surface area (Å²) in [5.74, 6) is 0.0471. The molecule has 0 spiro atoms.